The fourth-order valence-corrected chi connectivity index (χ4v) is 3.61. The number of nitrogens with one attached hydrogen (secondary N) is 2. The molecule has 1 aromatic heterocycles. The summed E-state index contributed by atoms with van der Waals surface area (Å²) in [5.74, 6) is -1.15. The van der Waals surface area contributed by atoms with Gasteiger partial charge >= 0.3 is 5.97 Å². The number of nitrogens with zero attached hydrogens (tertiary/aromatic N) is 1. The summed E-state index contributed by atoms with van der Waals surface area (Å²) >= 11 is 1.28. The number of hydrogen-bond donors (Lipinski definition) is 3. The molecule has 3 aromatic rings. The maximum Gasteiger partial charge on any atom is 0.307 e. The van der Waals surface area contributed by atoms with Crippen LogP contribution in [0.2, 0.25) is 0 Å². The molecule has 0 unspecified atom stereocenters. The number of thioether (sulfide) groups is 1. The van der Waals surface area contributed by atoms with Crippen LogP contribution in [0.5, 0.6) is 0 Å². The maximum absolute atomic E-state index is 12.2. The van der Waals surface area contributed by atoms with E-state index in [1.165, 1.54) is 11.8 Å². The predicted octanol–water partition coefficient (Wildman–Crippen LogP) is 3.88. The molecule has 0 aliphatic carbocycles. The van der Waals surface area contributed by atoms with Gasteiger partial charge in [-0.3, -0.25) is 9.59 Å². The first-order valence-corrected chi connectivity index (χ1v) is 9.06. The quantitative estimate of drug-likeness (QED) is 0.600. The number of benzene rings is 2. The topological polar surface area (TPSA) is 94.5 Å². The van der Waals surface area contributed by atoms with Crippen molar-refractivity contribution in [1.82, 2.24) is 4.98 Å². The maximum atomic E-state index is 12.2. The van der Waals surface area contributed by atoms with E-state index in [2.05, 4.69) is 15.3 Å². The Hall–Kier alpha value is -3.32. The molecule has 1 aliphatic rings. The van der Waals surface area contributed by atoms with Crippen molar-refractivity contribution >= 4 is 51.5 Å². The highest BCUT2D eigenvalue weighted by Gasteiger charge is 2.22. The van der Waals surface area contributed by atoms with Gasteiger partial charge in [0.1, 0.15) is 0 Å². The number of fused-ring (bicyclic) bond motifs is 1. The molecule has 0 saturated heterocycles. The van der Waals surface area contributed by atoms with Gasteiger partial charge in [-0.15, -0.1) is 0 Å². The minimum absolute atomic E-state index is 0.0210. The van der Waals surface area contributed by atoms with Crippen LogP contribution in [-0.4, -0.2) is 27.1 Å². The molecular formula is C20H15N3O3S. The van der Waals surface area contributed by atoms with Gasteiger partial charge in [-0.1, -0.05) is 18.2 Å². The number of carbonyl (C=O) groups excluding carboxylic acids is 1. The molecular weight excluding hydrogens is 362 g/mol. The molecule has 2 aromatic carbocycles. The minimum atomic E-state index is -0.871. The number of carboxylic acids is 1. The highest BCUT2D eigenvalue weighted by atomic mass is 32.2. The van der Waals surface area contributed by atoms with Crippen LogP contribution in [0.25, 0.3) is 17.0 Å². The van der Waals surface area contributed by atoms with Crippen molar-refractivity contribution < 1.29 is 14.7 Å². The monoisotopic (exact) mass is 377 g/mol. The number of aliphatic carboxylic acids is 1. The van der Waals surface area contributed by atoms with E-state index in [4.69, 9.17) is 5.11 Å². The van der Waals surface area contributed by atoms with Gasteiger partial charge in [-0.2, -0.15) is 4.99 Å². The molecule has 0 fully saturated rings. The molecule has 134 valence electrons. The average Bonchev–Trinajstić information content (AvgIpc) is 3.22. The van der Waals surface area contributed by atoms with E-state index in [9.17, 15) is 9.59 Å². The number of amides is 1. The van der Waals surface area contributed by atoms with E-state index >= 15 is 0 Å². The smallest absolute Gasteiger partial charge is 0.307 e. The highest BCUT2D eigenvalue weighted by Crippen LogP contribution is 2.30. The summed E-state index contributed by atoms with van der Waals surface area (Å²) in [5, 5.41) is 13.5. The van der Waals surface area contributed by atoms with E-state index in [0.717, 1.165) is 22.2 Å². The first-order chi connectivity index (χ1) is 13.1. The first-order valence-electron chi connectivity index (χ1n) is 8.24. The fourth-order valence-electron chi connectivity index (χ4n) is 2.78. The van der Waals surface area contributed by atoms with E-state index in [0.29, 0.717) is 15.6 Å². The third-order valence-corrected chi connectivity index (χ3v) is 4.96. The highest BCUT2D eigenvalue weighted by molar-refractivity contribution is 8.18. The Bertz CT molecular complexity index is 1100. The Kier molecular flexibility index (Phi) is 4.52. The molecule has 0 bridgehead atoms. The third-order valence-electron chi connectivity index (χ3n) is 4.06. The number of anilines is 1. The number of aromatic nitrogens is 1. The van der Waals surface area contributed by atoms with Gasteiger partial charge in [0.25, 0.3) is 5.91 Å². The molecule has 0 spiro atoms. The van der Waals surface area contributed by atoms with Gasteiger partial charge in [0.2, 0.25) is 0 Å². The summed E-state index contributed by atoms with van der Waals surface area (Å²) in [7, 11) is 0. The molecule has 2 heterocycles. The zero-order valence-electron chi connectivity index (χ0n) is 14.1. The Morgan fingerprint density at radius 2 is 2.00 bits per heavy atom. The fraction of sp³-hybridized carbons (Fsp3) is 0.0500. The number of hydrogen-bond acceptors (Lipinski definition) is 4. The van der Waals surface area contributed by atoms with Crippen LogP contribution >= 0.6 is 11.8 Å². The SMILES string of the molecule is O=C(O)Cc1ccc(NC2=NC(=O)/C(=C/c3ccc4[nH]ccc4c3)S2)cc1. The molecule has 7 heteroatoms. The largest absolute Gasteiger partial charge is 0.481 e. The van der Waals surface area contributed by atoms with Gasteiger partial charge in [0.05, 0.1) is 11.3 Å². The molecule has 6 nitrogen and oxygen atoms in total. The predicted molar refractivity (Wildman–Crippen MR) is 108 cm³/mol. The summed E-state index contributed by atoms with van der Waals surface area (Å²) in [6, 6.07) is 14.9. The molecule has 1 amide bonds. The Labute approximate surface area is 159 Å². The number of rotatable bonds is 4. The summed E-state index contributed by atoms with van der Waals surface area (Å²) in [5.41, 5.74) is 3.45. The van der Waals surface area contributed by atoms with Crippen molar-refractivity contribution in [2.75, 3.05) is 5.32 Å². The van der Waals surface area contributed by atoms with E-state index in [1.807, 2.05) is 36.5 Å². The summed E-state index contributed by atoms with van der Waals surface area (Å²) in [6.45, 7) is 0. The second kappa shape index (κ2) is 7.13. The zero-order valence-corrected chi connectivity index (χ0v) is 14.9. The van der Waals surface area contributed by atoms with E-state index < -0.39 is 5.97 Å². The third kappa shape index (κ3) is 3.93. The molecule has 0 atom stereocenters. The van der Waals surface area contributed by atoms with Gasteiger partial charge in [0.15, 0.2) is 5.17 Å². The lowest BCUT2D eigenvalue weighted by Crippen LogP contribution is -2.05. The lowest BCUT2D eigenvalue weighted by Gasteiger charge is -2.05. The van der Waals surface area contributed by atoms with Crippen LogP contribution in [0, 0.1) is 0 Å². The summed E-state index contributed by atoms with van der Waals surface area (Å²) < 4.78 is 0. The lowest BCUT2D eigenvalue weighted by atomic mass is 10.1. The Morgan fingerprint density at radius 3 is 2.78 bits per heavy atom. The standard InChI is InChI=1S/C20H15N3O3S/c24-18(25)11-12-1-4-15(5-2-12)22-20-23-19(26)17(27-20)10-13-3-6-16-14(9-13)7-8-21-16/h1-10,21H,11H2,(H,24,25)(H,22,23,26)/b17-10-. The zero-order chi connectivity index (χ0) is 18.8. The summed E-state index contributed by atoms with van der Waals surface area (Å²) in [6.07, 6.45) is 3.68. The average molecular weight is 377 g/mol. The number of amidine groups is 1. The van der Waals surface area contributed by atoms with Gasteiger partial charge in [-0.05, 0) is 64.7 Å². The van der Waals surface area contributed by atoms with Gasteiger partial charge < -0.3 is 15.4 Å². The summed E-state index contributed by atoms with van der Waals surface area (Å²) in [4.78, 5) is 30.6. The molecule has 1 aliphatic heterocycles. The first kappa shape index (κ1) is 17.1. The molecule has 27 heavy (non-hydrogen) atoms. The molecule has 0 radical (unpaired) electrons. The van der Waals surface area contributed by atoms with Crippen LogP contribution in [-0.2, 0) is 16.0 Å². The van der Waals surface area contributed by atoms with Crippen molar-refractivity contribution in [1.29, 1.82) is 0 Å². The van der Waals surface area contributed by atoms with Crippen molar-refractivity contribution in [2.24, 2.45) is 4.99 Å². The molecule has 3 N–H and O–H groups in total. The number of aliphatic imine (C=N–C) groups is 1. The number of aromatic amines is 1. The second-order valence-corrected chi connectivity index (χ2v) is 7.08. The Balaban J connectivity index is 1.46. The molecule has 0 saturated carbocycles. The van der Waals surface area contributed by atoms with Crippen LogP contribution in [0.1, 0.15) is 11.1 Å². The van der Waals surface area contributed by atoms with E-state index in [1.54, 1.807) is 24.3 Å². The Morgan fingerprint density at radius 1 is 1.19 bits per heavy atom. The minimum Gasteiger partial charge on any atom is -0.481 e. The van der Waals surface area contributed by atoms with Crippen molar-refractivity contribution in [2.45, 2.75) is 6.42 Å². The van der Waals surface area contributed by atoms with Crippen LogP contribution in [0.15, 0.2) is 64.6 Å². The van der Waals surface area contributed by atoms with Gasteiger partial charge in [-0.25, -0.2) is 0 Å². The molecule has 4 rings (SSSR count). The van der Waals surface area contributed by atoms with Crippen LogP contribution in [0.3, 0.4) is 0 Å². The number of carbonyl (C=O) groups is 2. The normalized spacial score (nSPS) is 15.3. The lowest BCUT2D eigenvalue weighted by molar-refractivity contribution is -0.136. The van der Waals surface area contributed by atoms with Crippen molar-refractivity contribution in [3.63, 3.8) is 0 Å². The van der Waals surface area contributed by atoms with Crippen LogP contribution < -0.4 is 5.32 Å². The van der Waals surface area contributed by atoms with Crippen LogP contribution in [0.4, 0.5) is 5.69 Å². The van der Waals surface area contributed by atoms with Crippen molar-refractivity contribution in [3.05, 3.63) is 70.8 Å². The van der Waals surface area contributed by atoms with E-state index in [-0.39, 0.29) is 12.3 Å². The number of carboxylic acid groups (broad SMARTS) is 1. The second-order valence-electron chi connectivity index (χ2n) is 6.05. The van der Waals surface area contributed by atoms with Crippen molar-refractivity contribution in [3.8, 4) is 0 Å². The number of H-pyrrole nitrogens is 1. The van der Waals surface area contributed by atoms with Gasteiger partial charge in [0, 0.05) is 17.4 Å².